The summed E-state index contributed by atoms with van der Waals surface area (Å²) in [5.41, 5.74) is 0. The molecule has 6 heteroatoms. The first kappa shape index (κ1) is 14.8. The zero-order valence-electron chi connectivity index (χ0n) is 11.3. The number of likely N-dealkylation sites (tertiary alicyclic amines) is 1. The first-order valence-electron chi connectivity index (χ1n) is 6.28. The van der Waals surface area contributed by atoms with Crippen molar-refractivity contribution in [2.75, 3.05) is 39.9 Å². The van der Waals surface area contributed by atoms with E-state index in [0.717, 1.165) is 0 Å². The molecule has 2 atom stereocenters. The molecule has 1 aliphatic heterocycles. The van der Waals surface area contributed by atoms with Crippen LogP contribution in [0, 0.1) is 11.8 Å². The number of likely N-dealkylation sites (N-methyl/N-ethyl adjacent to an activating group) is 1. The van der Waals surface area contributed by atoms with Crippen LogP contribution in [0.25, 0.3) is 0 Å². The molecule has 0 bridgehead atoms. The lowest BCUT2D eigenvalue weighted by Crippen LogP contribution is -2.41. The van der Waals surface area contributed by atoms with Crippen LogP contribution < -0.4 is 0 Å². The average molecular weight is 258 g/mol. The molecule has 1 heterocycles. The van der Waals surface area contributed by atoms with Gasteiger partial charge in [-0.05, 0) is 12.8 Å². The summed E-state index contributed by atoms with van der Waals surface area (Å²) in [6, 6.07) is -0.120. The number of hydrogen-bond donors (Lipinski definition) is 1. The van der Waals surface area contributed by atoms with Gasteiger partial charge in [0.2, 0.25) is 0 Å². The maximum absolute atomic E-state index is 12.1. The van der Waals surface area contributed by atoms with E-state index in [1.165, 1.54) is 0 Å². The third kappa shape index (κ3) is 3.60. The van der Waals surface area contributed by atoms with E-state index in [2.05, 4.69) is 0 Å². The Morgan fingerprint density at radius 2 is 2.11 bits per heavy atom. The quantitative estimate of drug-likeness (QED) is 0.738. The van der Waals surface area contributed by atoms with Crippen LogP contribution in [0.15, 0.2) is 0 Å². The van der Waals surface area contributed by atoms with Crippen molar-refractivity contribution < 1.29 is 19.4 Å². The predicted octanol–water partition coefficient (Wildman–Crippen LogP) is 0.727. The number of aliphatic carboxylic acids is 1. The molecule has 6 nitrogen and oxygen atoms in total. The molecule has 2 amide bonds. The van der Waals surface area contributed by atoms with Gasteiger partial charge in [-0.3, -0.25) is 4.79 Å². The highest BCUT2D eigenvalue weighted by atomic mass is 16.5. The normalized spacial score (nSPS) is 23.2. The fourth-order valence-electron chi connectivity index (χ4n) is 2.13. The number of urea groups is 1. The highest BCUT2D eigenvalue weighted by molar-refractivity contribution is 5.77. The smallest absolute Gasteiger partial charge is 0.319 e. The second kappa shape index (κ2) is 6.58. The van der Waals surface area contributed by atoms with Gasteiger partial charge in [-0.2, -0.15) is 0 Å². The number of amides is 2. The standard InChI is InChI=1S/C12H22N2O4/c1-4-18-6-5-13(3)12(17)14-7-9(2)10(8-14)11(15)16/h9-10H,4-8H2,1-3H3,(H,15,16). The third-order valence-corrected chi connectivity index (χ3v) is 3.30. The zero-order valence-corrected chi connectivity index (χ0v) is 11.3. The summed E-state index contributed by atoms with van der Waals surface area (Å²) < 4.78 is 5.19. The molecule has 0 aromatic carbocycles. The summed E-state index contributed by atoms with van der Waals surface area (Å²) >= 11 is 0. The van der Waals surface area contributed by atoms with E-state index in [9.17, 15) is 9.59 Å². The monoisotopic (exact) mass is 258 g/mol. The molecule has 1 fully saturated rings. The van der Waals surface area contributed by atoms with E-state index >= 15 is 0 Å². The van der Waals surface area contributed by atoms with Gasteiger partial charge < -0.3 is 19.6 Å². The molecule has 2 unspecified atom stereocenters. The molecule has 0 saturated carbocycles. The van der Waals surface area contributed by atoms with Crippen LogP contribution in [-0.2, 0) is 9.53 Å². The fraction of sp³-hybridized carbons (Fsp3) is 0.833. The number of carbonyl (C=O) groups is 2. The Balaban J connectivity index is 2.45. The third-order valence-electron chi connectivity index (χ3n) is 3.30. The Labute approximate surface area is 107 Å². The first-order chi connectivity index (χ1) is 8.47. The minimum absolute atomic E-state index is 0.00624. The lowest BCUT2D eigenvalue weighted by Gasteiger charge is -2.24. The molecular formula is C12H22N2O4. The van der Waals surface area contributed by atoms with Crippen molar-refractivity contribution in [1.82, 2.24) is 9.80 Å². The molecule has 0 spiro atoms. The second-order valence-corrected chi connectivity index (χ2v) is 4.73. The Morgan fingerprint density at radius 1 is 1.44 bits per heavy atom. The summed E-state index contributed by atoms with van der Waals surface area (Å²) in [6.45, 7) is 6.24. The highest BCUT2D eigenvalue weighted by Gasteiger charge is 2.37. The van der Waals surface area contributed by atoms with Gasteiger partial charge in [0.15, 0.2) is 0 Å². The van der Waals surface area contributed by atoms with Gasteiger partial charge in [0.05, 0.1) is 12.5 Å². The van der Waals surface area contributed by atoms with Crippen LogP contribution in [0.2, 0.25) is 0 Å². The van der Waals surface area contributed by atoms with E-state index in [-0.39, 0.29) is 11.9 Å². The van der Waals surface area contributed by atoms with E-state index < -0.39 is 11.9 Å². The first-order valence-corrected chi connectivity index (χ1v) is 6.28. The van der Waals surface area contributed by atoms with Crippen molar-refractivity contribution >= 4 is 12.0 Å². The van der Waals surface area contributed by atoms with Crippen molar-refractivity contribution in [1.29, 1.82) is 0 Å². The molecule has 0 aromatic heterocycles. The number of nitrogens with zero attached hydrogens (tertiary/aromatic N) is 2. The lowest BCUT2D eigenvalue weighted by atomic mass is 9.99. The molecule has 1 rings (SSSR count). The molecule has 1 saturated heterocycles. The Morgan fingerprint density at radius 3 is 2.61 bits per heavy atom. The predicted molar refractivity (Wildman–Crippen MR) is 66.4 cm³/mol. The molecule has 1 aliphatic rings. The average Bonchev–Trinajstić information content (AvgIpc) is 2.70. The zero-order chi connectivity index (χ0) is 13.7. The van der Waals surface area contributed by atoms with Gasteiger partial charge in [-0.25, -0.2) is 4.79 Å². The maximum atomic E-state index is 12.1. The van der Waals surface area contributed by atoms with Crippen LogP contribution in [0.1, 0.15) is 13.8 Å². The van der Waals surface area contributed by atoms with Crippen LogP contribution >= 0.6 is 0 Å². The molecule has 104 valence electrons. The molecule has 0 aliphatic carbocycles. The molecule has 18 heavy (non-hydrogen) atoms. The Kier molecular flexibility index (Phi) is 5.40. The summed E-state index contributed by atoms with van der Waals surface area (Å²) in [5.74, 6) is -1.27. The maximum Gasteiger partial charge on any atom is 0.319 e. The van der Waals surface area contributed by atoms with Gasteiger partial charge >= 0.3 is 12.0 Å². The van der Waals surface area contributed by atoms with Gasteiger partial charge in [-0.15, -0.1) is 0 Å². The Hall–Kier alpha value is -1.30. The molecule has 1 N–H and O–H groups in total. The van der Waals surface area contributed by atoms with Gasteiger partial charge in [0.1, 0.15) is 0 Å². The molecule has 0 aromatic rings. The van der Waals surface area contributed by atoms with Crippen molar-refractivity contribution in [3.05, 3.63) is 0 Å². The summed E-state index contributed by atoms with van der Waals surface area (Å²) in [5, 5.41) is 9.02. The summed E-state index contributed by atoms with van der Waals surface area (Å²) in [7, 11) is 1.71. The number of ether oxygens (including phenoxy) is 1. The van der Waals surface area contributed by atoms with Gasteiger partial charge in [0.25, 0.3) is 0 Å². The van der Waals surface area contributed by atoms with Crippen molar-refractivity contribution in [3.8, 4) is 0 Å². The number of hydrogen-bond acceptors (Lipinski definition) is 3. The van der Waals surface area contributed by atoms with Crippen molar-refractivity contribution in [3.63, 3.8) is 0 Å². The van der Waals surface area contributed by atoms with Crippen LogP contribution in [-0.4, -0.2) is 66.8 Å². The van der Waals surface area contributed by atoms with Crippen molar-refractivity contribution in [2.24, 2.45) is 11.8 Å². The van der Waals surface area contributed by atoms with Gasteiger partial charge in [-0.1, -0.05) is 6.92 Å². The number of carboxylic acid groups (broad SMARTS) is 1. The highest BCUT2D eigenvalue weighted by Crippen LogP contribution is 2.23. The SMILES string of the molecule is CCOCCN(C)C(=O)N1CC(C)C(C(=O)O)C1. The second-order valence-electron chi connectivity index (χ2n) is 4.73. The van der Waals surface area contributed by atoms with E-state index in [4.69, 9.17) is 9.84 Å². The summed E-state index contributed by atoms with van der Waals surface area (Å²) in [6.07, 6.45) is 0. The lowest BCUT2D eigenvalue weighted by molar-refractivity contribution is -0.142. The minimum atomic E-state index is -0.824. The number of carboxylic acids is 1. The minimum Gasteiger partial charge on any atom is -0.481 e. The summed E-state index contributed by atoms with van der Waals surface area (Å²) in [4.78, 5) is 26.2. The van der Waals surface area contributed by atoms with Gasteiger partial charge in [0, 0.05) is 33.3 Å². The Bertz CT molecular complexity index is 308. The molecular weight excluding hydrogens is 236 g/mol. The fourth-order valence-corrected chi connectivity index (χ4v) is 2.13. The van der Waals surface area contributed by atoms with Crippen LogP contribution in [0.3, 0.4) is 0 Å². The number of carbonyl (C=O) groups excluding carboxylic acids is 1. The van der Waals surface area contributed by atoms with E-state index in [1.807, 2.05) is 13.8 Å². The topological polar surface area (TPSA) is 70.1 Å². The largest absolute Gasteiger partial charge is 0.481 e. The molecule has 0 radical (unpaired) electrons. The van der Waals surface area contributed by atoms with Crippen LogP contribution in [0.4, 0.5) is 4.79 Å². The van der Waals surface area contributed by atoms with Crippen LogP contribution in [0.5, 0.6) is 0 Å². The van der Waals surface area contributed by atoms with E-state index in [0.29, 0.717) is 32.8 Å². The number of rotatable bonds is 5. The van der Waals surface area contributed by atoms with Crippen molar-refractivity contribution in [2.45, 2.75) is 13.8 Å². The van der Waals surface area contributed by atoms with E-state index in [1.54, 1.807) is 16.8 Å².